The molecule has 0 aliphatic rings. The summed E-state index contributed by atoms with van der Waals surface area (Å²) in [7, 11) is 0. The molecule has 0 amide bonds. The molecule has 0 aliphatic carbocycles. The van der Waals surface area contributed by atoms with Gasteiger partial charge in [0.05, 0.1) is 12.2 Å². The molecule has 0 unspecified atom stereocenters. The van der Waals surface area contributed by atoms with Crippen LogP contribution in [-0.4, -0.2) is 15.2 Å². The van der Waals surface area contributed by atoms with Crippen LogP contribution >= 0.6 is 22.7 Å². The zero-order valence-electron chi connectivity index (χ0n) is 9.41. The lowest BCUT2D eigenvalue weighted by Crippen LogP contribution is -1.98. The molecule has 0 saturated heterocycles. The highest BCUT2D eigenvalue weighted by Gasteiger charge is 2.04. The predicted octanol–water partition coefficient (Wildman–Crippen LogP) is 3.27. The summed E-state index contributed by atoms with van der Waals surface area (Å²) in [6.45, 7) is 0.687. The average molecular weight is 274 g/mol. The molecule has 0 saturated carbocycles. The molecule has 0 radical (unpaired) electrons. The first-order valence-corrected chi connectivity index (χ1v) is 7.17. The third-order valence-electron chi connectivity index (χ3n) is 2.37. The Morgan fingerprint density at radius 3 is 2.78 bits per heavy atom. The van der Waals surface area contributed by atoms with Crippen molar-refractivity contribution >= 4 is 27.8 Å². The van der Waals surface area contributed by atoms with E-state index in [0.717, 1.165) is 21.4 Å². The van der Waals surface area contributed by atoms with Gasteiger partial charge in [-0.25, -0.2) is 4.98 Å². The Kier molecular flexibility index (Phi) is 3.29. The molecule has 1 N–H and O–H groups in total. The van der Waals surface area contributed by atoms with E-state index in [9.17, 15) is 0 Å². The highest BCUT2D eigenvalue weighted by molar-refractivity contribution is 7.13. The van der Waals surface area contributed by atoms with E-state index in [1.165, 1.54) is 11.3 Å². The Morgan fingerprint density at radius 1 is 1.11 bits per heavy atom. The Balaban J connectivity index is 1.70. The Morgan fingerprint density at radius 2 is 2.00 bits per heavy atom. The van der Waals surface area contributed by atoms with Crippen molar-refractivity contribution in [2.45, 2.75) is 6.54 Å². The van der Waals surface area contributed by atoms with Crippen LogP contribution in [0.15, 0.2) is 41.2 Å². The highest BCUT2D eigenvalue weighted by Crippen LogP contribution is 2.22. The van der Waals surface area contributed by atoms with Crippen molar-refractivity contribution in [3.8, 4) is 11.3 Å². The lowest BCUT2D eigenvalue weighted by molar-refractivity contribution is 1.04. The molecule has 0 fully saturated rings. The number of aromatic nitrogens is 3. The second-order valence-corrected chi connectivity index (χ2v) is 5.37. The molecule has 90 valence electrons. The fourth-order valence-electron chi connectivity index (χ4n) is 1.53. The monoisotopic (exact) mass is 274 g/mol. The first-order chi connectivity index (χ1) is 8.92. The van der Waals surface area contributed by atoms with Gasteiger partial charge >= 0.3 is 0 Å². The van der Waals surface area contributed by atoms with Gasteiger partial charge in [0.15, 0.2) is 0 Å². The van der Waals surface area contributed by atoms with Gasteiger partial charge in [-0.1, -0.05) is 41.7 Å². The number of hydrogen-bond acceptors (Lipinski definition) is 6. The van der Waals surface area contributed by atoms with Crippen molar-refractivity contribution in [1.29, 1.82) is 0 Å². The number of nitrogens with zero attached hydrogens (tertiary/aromatic N) is 3. The van der Waals surface area contributed by atoms with Crippen LogP contribution in [0.3, 0.4) is 0 Å². The summed E-state index contributed by atoms with van der Waals surface area (Å²) in [5.41, 5.74) is 3.88. The van der Waals surface area contributed by atoms with Crippen LogP contribution in [0.25, 0.3) is 11.3 Å². The molecule has 18 heavy (non-hydrogen) atoms. The summed E-state index contributed by atoms with van der Waals surface area (Å²) in [5, 5.41) is 14.9. The summed E-state index contributed by atoms with van der Waals surface area (Å²) in [6, 6.07) is 10.2. The summed E-state index contributed by atoms with van der Waals surface area (Å²) >= 11 is 3.14. The maximum atomic E-state index is 4.59. The average Bonchev–Trinajstić information content (AvgIpc) is 3.09. The van der Waals surface area contributed by atoms with Crippen LogP contribution in [0, 0.1) is 0 Å². The van der Waals surface area contributed by atoms with Crippen molar-refractivity contribution < 1.29 is 0 Å². The van der Waals surface area contributed by atoms with Crippen LogP contribution < -0.4 is 5.32 Å². The minimum absolute atomic E-state index is 0.687. The molecule has 2 aromatic heterocycles. The molecule has 3 aromatic rings. The van der Waals surface area contributed by atoms with Gasteiger partial charge in [0.1, 0.15) is 10.5 Å². The number of nitrogens with one attached hydrogen (secondary N) is 1. The van der Waals surface area contributed by atoms with Gasteiger partial charge < -0.3 is 5.32 Å². The van der Waals surface area contributed by atoms with Crippen LogP contribution in [0.2, 0.25) is 0 Å². The minimum atomic E-state index is 0.687. The SMILES string of the molecule is c1ccc(-c2csc(CNc3nncs3)n2)cc1. The van der Waals surface area contributed by atoms with Gasteiger partial charge in [-0.05, 0) is 0 Å². The summed E-state index contributed by atoms with van der Waals surface area (Å²) < 4.78 is 0. The highest BCUT2D eigenvalue weighted by atomic mass is 32.1. The molecule has 0 bridgehead atoms. The molecule has 2 heterocycles. The van der Waals surface area contributed by atoms with E-state index in [0.29, 0.717) is 6.54 Å². The summed E-state index contributed by atoms with van der Waals surface area (Å²) in [4.78, 5) is 4.59. The zero-order valence-corrected chi connectivity index (χ0v) is 11.0. The Hall–Kier alpha value is -1.79. The quantitative estimate of drug-likeness (QED) is 0.793. The van der Waals surface area contributed by atoms with Crippen molar-refractivity contribution in [1.82, 2.24) is 15.2 Å². The van der Waals surface area contributed by atoms with E-state index in [-0.39, 0.29) is 0 Å². The first-order valence-electron chi connectivity index (χ1n) is 5.42. The van der Waals surface area contributed by atoms with E-state index in [2.05, 4.69) is 38.0 Å². The first kappa shape index (κ1) is 11.3. The van der Waals surface area contributed by atoms with Crippen molar-refractivity contribution in [2.75, 3.05) is 5.32 Å². The number of anilines is 1. The predicted molar refractivity (Wildman–Crippen MR) is 74.8 cm³/mol. The minimum Gasteiger partial charge on any atom is -0.354 e. The lowest BCUT2D eigenvalue weighted by atomic mass is 10.2. The van der Waals surface area contributed by atoms with Crippen LogP contribution in [0.1, 0.15) is 5.01 Å². The van der Waals surface area contributed by atoms with Gasteiger partial charge in [0.25, 0.3) is 0 Å². The molecule has 4 nitrogen and oxygen atoms in total. The lowest BCUT2D eigenvalue weighted by Gasteiger charge is -1.97. The Labute approximate surface area is 112 Å². The van der Waals surface area contributed by atoms with Crippen molar-refractivity contribution in [3.63, 3.8) is 0 Å². The second-order valence-electron chi connectivity index (χ2n) is 3.59. The third-order valence-corrected chi connectivity index (χ3v) is 3.87. The second kappa shape index (κ2) is 5.24. The van der Waals surface area contributed by atoms with E-state index < -0.39 is 0 Å². The van der Waals surface area contributed by atoms with Gasteiger partial charge in [-0.3, -0.25) is 0 Å². The van der Waals surface area contributed by atoms with E-state index >= 15 is 0 Å². The zero-order chi connectivity index (χ0) is 12.2. The van der Waals surface area contributed by atoms with Gasteiger partial charge in [0, 0.05) is 10.9 Å². The van der Waals surface area contributed by atoms with E-state index in [1.54, 1.807) is 16.8 Å². The molecule has 3 rings (SSSR count). The number of rotatable bonds is 4. The summed E-state index contributed by atoms with van der Waals surface area (Å²) in [5.74, 6) is 0. The van der Waals surface area contributed by atoms with Crippen LogP contribution in [0.5, 0.6) is 0 Å². The topological polar surface area (TPSA) is 50.7 Å². The standard InChI is InChI=1S/C12H10N4S2/c1-2-4-9(5-3-1)10-7-17-11(15-10)6-13-12-16-14-8-18-12/h1-5,7-8H,6H2,(H,13,16). The molecule has 1 aromatic carbocycles. The normalized spacial score (nSPS) is 10.4. The molecular weight excluding hydrogens is 264 g/mol. The molecule has 0 aliphatic heterocycles. The molecular formula is C12H10N4S2. The van der Waals surface area contributed by atoms with Crippen LogP contribution in [0.4, 0.5) is 5.13 Å². The smallest absolute Gasteiger partial charge is 0.205 e. The maximum absolute atomic E-state index is 4.59. The van der Waals surface area contributed by atoms with Gasteiger partial charge in [-0.15, -0.1) is 21.5 Å². The maximum Gasteiger partial charge on any atom is 0.205 e. The van der Waals surface area contributed by atoms with Crippen LogP contribution in [-0.2, 0) is 6.54 Å². The summed E-state index contributed by atoms with van der Waals surface area (Å²) in [6.07, 6.45) is 0. The fourth-order valence-corrected chi connectivity index (χ4v) is 2.72. The van der Waals surface area contributed by atoms with Gasteiger partial charge in [0.2, 0.25) is 5.13 Å². The number of thiazole rings is 1. The number of benzene rings is 1. The fraction of sp³-hybridized carbons (Fsp3) is 0.0833. The Bertz CT molecular complexity index is 604. The van der Waals surface area contributed by atoms with Gasteiger partial charge in [-0.2, -0.15) is 0 Å². The largest absolute Gasteiger partial charge is 0.354 e. The van der Waals surface area contributed by atoms with Crippen molar-refractivity contribution in [3.05, 3.63) is 46.2 Å². The van der Waals surface area contributed by atoms with E-state index in [1.807, 2.05) is 18.2 Å². The third kappa shape index (κ3) is 2.55. The number of hydrogen-bond donors (Lipinski definition) is 1. The molecule has 0 spiro atoms. The molecule has 6 heteroatoms. The molecule has 0 atom stereocenters. The van der Waals surface area contributed by atoms with E-state index in [4.69, 9.17) is 0 Å². The van der Waals surface area contributed by atoms with Crippen molar-refractivity contribution in [2.24, 2.45) is 0 Å².